The molecule has 0 aromatic carbocycles. The van der Waals surface area contributed by atoms with E-state index in [0.717, 1.165) is 29.6 Å². The van der Waals surface area contributed by atoms with Crippen LogP contribution < -0.4 is 10.0 Å². The van der Waals surface area contributed by atoms with Crippen LogP contribution in [0.5, 0.6) is 0 Å². The number of nitrogens with one attached hydrogen (secondary N) is 2. The van der Waals surface area contributed by atoms with Crippen molar-refractivity contribution in [1.29, 1.82) is 0 Å². The minimum Gasteiger partial charge on any atom is -0.452 e. The second kappa shape index (κ2) is 7.43. The Morgan fingerprint density at radius 1 is 1.14 bits per heavy atom. The fourth-order valence-electron chi connectivity index (χ4n) is 3.89. The fourth-order valence-corrected chi connectivity index (χ4v) is 5.27. The summed E-state index contributed by atoms with van der Waals surface area (Å²) in [5.74, 6) is -0.950. The summed E-state index contributed by atoms with van der Waals surface area (Å²) in [6, 6.07) is -0.849. The maximum atomic E-state index is 13.0. The van der Waals surface area contributed by atoms with Gasteiger partial charge < -0.3 is 10.1 Å². The van der Waals surface area contributed by atoms with Gasteiger partial charge in [0.2, 0.25) is 0 Å². The number of esters is 1. The van der Waals surface area contributed by atoms with Gasteiger partial charge in [-0.2, -0.15) is 0 Å². The van der Waals surface area contributed by atoms with Crippen LogP contribution in [0.4, 0.5) is 4.79 Å². The lowest BCUT2D eigenvalue weighted by molar-refractivity contribution is -0.143. The van der Waals surface area contributed by atoms with Crippen molar-refractivity contribution in [2.75, 3.05) is 0 Å². The molecule has 0 fully saturated rings. The summed E-state index contributed by atoms with van der Waals surface area (Å²) in [5, 5.41) is 2.58. The first-order valence-electron chi connectivity index (χ1n) is 9.08. The van der Waals surface area contributed by atoms with Gasteiger partial charge in [-0.1, -0.05) is 23.3 Å². The largest absolute Gasteiger partial charge is 0.452 e. The number of carbonyl (C=O) groups excluding carboxylic acids is 2. The van der Waals surface area contributed by atoms with E-state index in [-0.39, 0.29) is 10.8 Å². The minimum absolute atomic E-state index is 0.0936. The van der Waals surface area contributed by atoms with Gasteiger partial charge in [0, 0.05) is 17.7 Å². The van der Waals surface area contributed by atoms with Gasteiger partial charge >= 0.3 is 12.0 Å². The Hall–Kier alpha value is -2.61. The quantitative estimate of drug-likeness (QED) is 0.704. The molecular formula is C20H24N2O5S. The molecule has 2 unspecified atom stereocenters. The van der Waals surface area contributed by atoms with E-state index in [1.807, 2.05) is 19.9 Å². The molecule has 2 atom stereocenters. The molecule has 150 valence electrons. The Kier molecular flexibility index (Phi) is 5.34. The molecule has 8 heteroatoms. The van der Waals surface area contributed by atoms with Gasteiger partial charge in [-0.05, 0) is 57.8 Å². The van der Waals surface area contributed by atoms with Crippen LogP contribution in [0, 0.1) is 5.92 Å². The molecule has 0 radical (unpaired) electrons. The van der Waals surface area contributed by atoms with Crippen molar-refractivity contribution >= 4 is 22.0 Å². The van der Waals surface area contributed by atoms with E-state index < -0.39 is 28.1 Å². The van der Waals surface area contributed by atoms with Crippen LogP contribution in [0.25, 0.3) is 0 Å². The zero-order chi connectivity index (χ0) is 20.6. The maximum absolute atomic E-state index is 13.0. The first-order valence-corrected chi connectivity index (χ1v) is 10.6. The predicted octanol–water partition coefficient (Wildman–Crippen LogP) is 2.96. The monoisotopic (exact) mass is 404 g/mol. The molecule has 0 bridgehead atoms. The third kappa shape index (κ3) is 3.82. The van der Waals surface area contributed by atoms with Crippen LogP contribution in [0.3, 0.4) is 0 Å². The van der Waals surface area contributed by atoms with Crippen molar-refractivity contribution in [3.05, 3.63) is 57.2 Å². The molecule has 0 spiro atoms. The fraction of sp³-hybridized carbons (Fsp3) is 0.400. The molecule has 0 aromatic heterocycles. The van der Waals surface area contributed by atoms with E-state index in [1.165, 1.54) is 6.08 Å². The smallest absolute Gasteiger partial charge is 0.333 e. The van der Waals surface area contributed by atoms with Crippen molar-refractivity contribution in [2.24, 2.45) is 5.92 Å². The third-order valence-electron chi connectivity index (χ3n) is 5.16. The molecule has 0 saturated heterocycles. The van der Waals surface area contributed by atoms with Crippen LogP contribution in [0.1, 0.15) is 40.5 Å². The standard InChI is InChI=1S/C20H24N2O5S/c1-11-7-5-6-8-15(11)21-20(24)22-28(25,26)19-14(4)9-12(2)17-13(3)10-16(23)27-18(17)19/h6,8-10,17-18H,5,7H2,1-4H3,(H2,21,22,24). The first-order chi connectivity index (χ1) is 13.1. The average molecular weight is 404 g/mol. The van der Waals surface area contributed by atoms with Crippen LogP contribution >= 0.6 is 0 Å². The normalized spacial score (nSPS) is 24.9. The minimum atomic E-state index is -4.22. The average Bonchev–Trinajstić information content (AvgIpc) is 2.54. The van der Waals surface area contributed by atoms with Gasteiger partial charge in [-0.25, -0.2) is 22.7 Å². The highest BCUT2D eigenvalue weighted by Gasteiger charge is 2.43. The number of ether oxygens (including phenoxy) is 1. The molecule has 28 heavy (non-hydrogen) atoms. The summed E-state index contributed by atoms with van der Waals surface area (Å²) < 4.78 is 33.4. The number of allylic oxidation sites excluding steroid dienone is 5. The van der Waals surface area contributed by atoms with E-state index >= 15 is 0 Å². The topological polar surface area (TPSA) is 102 Å². The van der Waals surface area contributed by atoms with Gasteiger partial charge in [-0.3, -0.25) is 0 Å². The lowest BCUT2D eigenvalue weighted by atomic mass is 9.81. The number of hydrogen-bond donors (Lipinski definition) is 2. The van der Waals surface area contributed by atoms with Crippen LogP contribution in [0.15, 0.2) is 57.2 Å². The zero-order valence-electron chi connectivity index (χ0n) is 16.3. The molecule has 2 N–H and O–H groups in total. The third-order valence-corrected chi connectivity index (χ3v) is 6.75. The molecular weight excluding hydrogens is 380 g/mol. The Morgan fingerprint density at radius 2 is 1.82 bits per heavy atom. The highest BCUT2D eigenvalue weighted by atomic mass is 32.2. The van der Waals surface area contributed by atoms with E-state index in [9.17, 15) is 18.0 Å². The Morgan fingerprint density at radius 3 is 2.50 bits per heavy atom. The first kappa shape index (κ1) is 20.1. The molecule has 3 aliphatic rings. The van der Waals surface area contributed by atoms with Crippen LogP contribution in [-0.4, -0.2) is 26.5 Å². The lowest BCUT2D eigenvalue weighted by Crippen LogP contribution is -2.45. The highest BCUT2D eigenvalue weighted by Crippen LogP contribution is 2.40. The van der Waals surface area contributed by atoms with Crippen molar-refractivity contribution in [3.63, 3.8) is 0 Å². The van der Waals surface area contributed by atoms with E-state index in [0.29, 0.717) is 11.3 Å². The zero-order valence-corrected chi connectivity index (χ0v) is 17.1. The number of urea groups is 1. The van der Waals surface area contributed by atoms with Crippen molar-refractivity contribution in [3.8, 4) is 0 Å². The number of fused-ring (bicyclic) bond motifs is 1. The van der Waals surface area contributed by atoms with E-state index in [4.69, 9.17) is 4.74 Å². The summed E-state index contributed by atoms with van der Waals surface area (Å²) in [5.41, 5.74) is 3.64. The van der Waals surface area contributed by atoms with Crippen molar-refractivity contribution in [1.82, 2.24) is 10.0 Å². The summed E-state index contributed by atoms with van der Waals surface area (Å²) >= 11 is 0. The van der Waals surface area contributed by atoms with Gasteiger partial charge in [0.1, 0.15) is 4.91 Å². The predicted molar refractivity (Wildman–Crippen MR) is 105 cm³/mol. The summed E-state index contributed by atoms with van der Waals surface area (Å²) in [6.45, 7) is 7.15. The van der Waals surface area contributed by atoms with Crippen molar-refractivity contribution < 1.29 is 22.7 Å². The van der Waals surface area contributed by atoms with Gasteiger partial charge in [0.25, 0.3) is 10.0 Å². The van der Waals surface area contributed by atoms with Crippen molar-refractivity contribution in [2.45, 2.75) is 46.6 Å². The number of hydrogen-bond acceptors (Lipinski definition) is 5. The lowest BCUT2D eigenvalue weighted by Gasteiger charge is -2.36. The number of carbonyl (C=O) groups is 2. The molecule has 1 aliphatic heterocycles. The Bertz CT molecular complexity index is 996. The maximum Gasteiger partial charge on any atom is 0.333 e. The molecule has 7 nitrogen and oxygen atoms in total. The molecule has 0 saturated carbocycles. The van der Waals surface area contributed by atoms with Gasteiger partial charge in [0.15, 0.2) is 6.10 Å². The Labute approximate surface area is 165 Å². The Balaban J connectivity index is 1.89. The molecule has 3 rings (SSSR count). The second-order valence-electron chi connectivity index (χ2n) is 7.35. The van der Waals surface area contributed by atoms with Crippen LogP contribution in [0.2, 0.25) is 0 Å². The molecule has 1 heterocycles. The van der Waals surface area contributed by atoms with E-state index in [1.54, 1.807) is 26.0 Å². The second-order valence-corrected chi connectivity index (χ2v) is 9.00. The van der Waals surface area contributed by atoms with E-state index in [2.05, 4.69) is 10.0 Å². The summed E-state index contributed by atoms with van der Waals surface area (Å²) in [7, 11) is -4.22. The summed E-state index contributed by atoms with van der Waals surface area (Å²) in [4.78, 5) is 24.1. The number of sulfonamides is 1. The summed E-state index contributed by atoms with van der Waals surface area (Å²) in [6.07, 6.45) is 7.50. The number of amides is 2. The van der Waals surface area contributed by atoms with Gasteiger partial charge in [0.05, 0.1) is 0 Å². The highest BCUT2D eigenvalue weighted by molar-refractivity contribution is 7.94. The molecule has 2 aliphatic carbocycles. The molecule has 0 aromatic rings. The van der Waals surface area contributed by atoms with Gasteiger partial charge in [-0.15, -0.1) is 0 Å². The molecule has 2 amide bonds. The number of rotatable bonds is 3. The van der Waals surface area contributed by atoms with Crippen LogP contribution in [-0.2, 0) is 19.6 Å². The SMILES string of the molecule is CC1=CC(=O)OC2C(S(=O)(=O)NC(=O)NC3=C(C)CCC=C3)=C(C)C=C(C)C12.